The topological polar surface area (TPSA) is 83.5 Å². The van der Waals surface area contributed by atoms with Crippen molar-refractivity contribution in [3.05, 3.63) is 52.2 Å². The summed E-state index contributed by atoms with van der Waals surface area (Å²) in [6.07, 6.45) is 1.90. The van der Waals surface area contributed by atoms with E-state index in [-0.39, 0.29) is 31.0 Å². The van der Waals surface area contributed by atoms with E-state index in [1.165, 1.54) is 11.3 Å². The van der Waals surface area contributed by atoms with E-state index < -0.39 is 12.0 Å². The van der Waals surface area contributed by atoms with Crippen LogP contribution in [0.2, 0.25) is 0 Å². The van der Waals surface area contributed by atoms with E-state index in [9.17, 15) is 14.4 Å². The third kappa shape index (κ3) is 6.03. The van der Waals surface area contributed by atoms with Crippen LogP contribution in [0.4, 0.5) is 0 Å². The lowest BCUT2D eigenvalue weighted by Crippen LogP contribution is -2.30. The number of hydrogen-bond donors (Lipinski definition) is 2. The first kappa shape index (κ1) is 19.2. The van der Waals surface area contributed by atoms with Gasteiger partial charge < -0.3 is 10.4 Å². The number of amides is 1. The Labute approximate surface area is 154 Å². The zero-order valence-electron chi connectivity index (χ0n) is 13.7. The first-order valence-corrected chi connectivity index (χ1v) is 9.82. The minimum Gasteiger partial charge on any atom is -0.481 e. The molecule has 2 aromatic rings. The van der Waals surface area contributed by atoms with Gasteiger partial charge in [-0.3, -0.25) is 14.4 Å². The van der Waals surface area contributed by atoms with Gasteiger partial charge in [-0.15, -0.1) is 23.1 Å². The molecule has 7 heteroatoms. The largest absolute Gasteiger partial charge is 0.481 e. The zero-order chi connectivity index (χ0) is 18.2. The van der Waals surface area contributed by atoms with Gasteiger partial charge in [0.2, 0.25) is 5.91 Å². The van der Waals surface area contributed by atoms with E-state index in [1.807, 2.05) is 35.9 Å². The monoisotopic (exact) mass is 377 g/mol. The molecule has 1 unspecified atom stereocenters. The van der Waals surface area contributed by atoms with Gasteiger partial charge in [0.05, 0.1) is 17.3 Å². The van der Waals surface area contributed by atoms with Crippen molar-refractivity contribution in [3.8, 4) is 0 Å². The van der Waals surface area contributed by atoms with E-state index in [4.69, 9.17) is 5.11 Å². The Hall–Kier alpha value is -2.12. The Morgan fingerprint density at radius 3 is 2.44 bits per heavy atom. The molecule has 0 fully saturated rings. The number of benzene rings is 1. The first-order valence-electron chi connectivity index (χ1n) is 7.71. The number of carbonyl (C=O) groups excluding carboxylic acids is 2. The van der Waals surface area contributed by atoms with Gasteiger partial charge >= 0.3 is 5.97 Å². The molecule has 1 aromatic heterocycles. The highest BCUT2D eigenvalue weighted by Crippen LogP contribution is 2.22. The maximum atomic E-state index is 12.1. The Morgan fingerprint density at radius 1 is 1.16 bits per heavy atom. The van der Waals surface area contributed by atoms with E-state index in [0.717, 1.165) is 10.5 Å². The quantitative estimate of drug-likeness (QED) is 0.513. The summed E-state index contributed by atoms with van der Waals surface area (Å²) in [6.45, 7) is 0. The Morgan fingerprint density at radius 2 is 1.88 bits per heavy atom. The molecule has 0 aliphatic heterocycles. The minimum absolute atomic E-state index is 0.0374. The van der Waals surface area contributed by atoms with Gasteiger partial charge in [0.25, 0.3) is 0 Å². The summed E-state index contributed by atoms with van der Waals surface area (Å²) in [6, 6.07) is 10.3. The molecular formula is C18H19NO4S2. The third-order valence-electron chi connectivity index (χ3n) is 3.61. The molecule has 0 aliphatic rings. The number of rotatable bonds is 9. The van der Waals surface area contributed by atoms with Crippen LogP contribution in [-0.4, -0.2) is 29.0 Å². The number of thiophene rings is 1. The van der Waals surface area contributed by atoms with Crippen molar-refractivity contribution in [3.63, 3.8) is 0 Å². The van der Waals surface area contributed by atoms with Crippen molar-refractivity contribution >= 4 is 40.8 Å². The molecule has 2 rings (SSSR count). The van der Waals surface area contributed by atoms with Gasteiger partial charge in [-0.1, -0.05) is 18.2 Å². The summed E-state index contributed by atoms with van der Waals surface area (Å²) in [4.78, 5) is 36.9. The zero-order valence-corrected chi connectivity index (χ0v) is 15.4. The number of carboxylic acids is 1. The maximum absolute atomic E-state index is 12.1. The molecule has 0 bridgehead atoms. The molecule has 0 radical (unpaired) electrons. The second-order valence-corrected chi connectivity index (χ2v) is 7.22. The van der Waals surface area contributed by atoms with Gasteiger partial charge in [-0.05, 0) is 35.4 Å². The van der Waals surface area contributed by atoms with Crippen LogP contribution in [0.1, 0.15) is 40.5 Å². The number of Topliss-reactive ketones (excluding diaryl/α,β-unsaturated/α-hetero) is 1. The molecule has 0 aliphatic carbocycles. The molecule has 1 aromatic carbocycles. The fraction of sp³-hybridized carbons (Fsp3) is 0.278. The first-order chi connectivity index (χ1) is 12.0. The lowest BCUT2D eigenvalue weighted by molar-refractivity contribution is -0.137. The molecular weight excluding hydrogens is 358 g/mol. The molecule has 0 saturated heterocycles. The molecule has 1 heterocycles. The standard InChI is InChI=1S/C18H19NO4S2/c1-24-13-6-4-12(5-7-13)14(11-18(22)23)19-17(21)9-8-15(20)16-3-2-10-25-16/h2-7,10,14H,8-9,11H2,1H3,(H,19,21)(H,22,23). The lowest BCUT2D eigenvalue weighted by Gasteiger charge is -2.17. The van der Waals surface area contributed by atoms with Crippen LogP contribution in [-0.2, 0) is 9.59 Å². The molecule has 5 nitrogen and oxygen atoms in total. The SMILES string of the molecule is CSc1ccc(C(CC(=O)O)NC(=O)CCC(=O)c2cccs2)cc1. The number of thioether (sulfide) groups is 1. The third-order valence-corrected chi connectivity index (χ3v) is 5.26. The average molecular weight is 377 g/mol. The average Bonchev–Trinajstić information content (AvgIpc) is 3.13. The van der Waals surface area contributed by atoms with E-state index in [1.54, 1.807) is 23.9 Å². The number of hydrogen-bond acceptors (Lipinski definition) is 5. The van der Waals surface area contributed by atoms with Crippen LogP contribution >= 0.6 is 23.1 Å². The second-order valence-electron chi connectivity index (χ2n) is 5.39. The summed E-state index contributed by atoms with van der Waals surface area (Å²) >= 11 is 2.93. The smallest absolute Gasteiger partial charge is 0.305 e. The van der Waals surface area contributed by atoms with Crippen LogP contribution in [0, 0.1) is 0 Å². The molecule has 0 spiro atoms. The highest BCUT2D eigenvalue weighted by Gasteiger charge is 2.19. The Balaban J connectivity index is 1.96. The van der Waals surface area contributed by atoms with Crippen molar-refractivity contribution in [1.82, 2.24) is 5.32 Å². The lowest BCUT2D eigenvalue weighted by atomic mass is 10.0. The Bertz CT molecular complexity index is 726. The van der Waals surface area contributed by atoms with Crippen molar-refractivity contribution in [2.45, 2.75) is 30.2 Å². The predicted molar refractivity (Wildman–Crippen MR) is 99.2 cm³/mol. The molecule has 25 heavy (non-hydrogen) atoms. The summed E-state index contributed by atoms with van der Waals surface area (Å²) in [5, 5.41) is 13.6. The molecule has 1 atom stereocenters. The van der Waals surface area contributed by atoms with E-state index >= 15 is 0 Å². The Kier molecular flexibility index (Phi) is 7.21. The van der Waals surface area contributed by atoms with Gasteiger partial charge in [0.15, 0.2) is 5.78 Å². The van der Waals surface area contributed by atoms with Crippen LogP contribution < -0.4 is 5.32 Å². The number of aliphatic carboxylic acids is 1. The minimum atomic E-state index is -0.992. The van der Waals surface area contributed by atoms with Crippen LogP contribution in [0.15, 0.2) is 46.7 Å². The van der Waals surface area contributed by atoms with Gasteiger partial charge in [0, 0.05) is 17.7 Å². The molecule has 2 N–H and O–H groups in total. The van der Waals surface area contributed by atoms with Crippen molar-refractivity contribution in [1.29, 1.82) is 0 Å². The van der Waals surface area contributed by atoms with E-state index in [2.05, 4.69) is 5.32 Å². The molecule has 132 valence electrons. The maximum Gasteiger partial charge on any atom is 0.305 e. The van der Waals surface area contributed by atoms with Gasteiger partial charge in [0.1, 0.15) is 0 Å². The fourth-order valence-electron chi connectivity index (χ4n) is 2.32. The van der Waals surface area contributed by atoms with Crippen molar-refractivity contribution < 1.29 is 19.5 Å². The number of ketones is 1. The van der Waals surface area contributed by atoms with Crippen LogP contribution in [0.25, 0.3) is 0 Å². The van der Waals surface area contributed by atoms with Crippen LogP contribution in [0.5, 0.6) is 0 Å². The highest BCUT2D eigenvalue weighted by molar-refractivity contribution is 7.98. The predicted octanol–water partition coefficient (Wildman–Crippen LogP) is 3.77. The summed E-state index contributed by atoms with van der Waals surface area (Å²) in [7, 11) is 0. The van der Waals surface area contributed by atoms with Gasteiger partial charge in [-0.25, -0.2) is 0 Å². The normalized spacial score (nSPS) is 11.7. The van der Waals surface area contributed by atoms with E-state index in [0.29, 0.717) is 4.88 Å². The molecule has 1 amide bonds. The van der Waals surface area contributed by atoms with Gasteiger partial charge in [-0.2, -0.15) is 0 Å². The second kappa shape index (κ2) is 9.39. The fourth-order valence-corrected chi connectivity index (χ4v) is 3.42. The van der Waals surface area contributed by atoms with Crippen molar-refractivity contribution in [2.75, 3.05) is 6.26 Å². The summed E-state index contributed by atoms with van der Waals surface area (Å²) in [5.41, 5.74) is 0.734. The summed E-state index contributed by atoms with van der Waals surface area (Å²) < 4.78 is 0. The number of carbonyl (C=O) groups is 3. The summed E-state index contributed by atoms with van der Waals surface area (Å²) in [5.74, 6) is -1.40. The number of nitrogens with one attached hydrogen (secondary N) is 1. The number of carboxylic acid groups (broad SMARTS) is 1. The highest BCUT2D eigenvalue weighted by atomic mass is 32.2. The van der Waals surface area contributed by atoms with Crippen molar-refractivity contribution in [2.24, 2.45) is 0 Å². The molecule has 0 saturated carbocycles. The van der Waals surface area contributed by atoms with Crippen LogP contribution in [0.3, 0.4) is 0 Å².